The Morgan fingerprint density at radius 3 is 2.87 bits per heavy atom. The lowest BCUT2D eigenvalue weighted by atomic mass is 10.0. The molecule has 0 spiro atoms. The standard InChI is InChI=1S/C21H18ClN5O3/c22-17-7-15(19(28)8-20(17)29)21-16-10-26(5-4-18(16)25-30-21)9-13-2-1-3-14(6-13)27-12-23-11-24-27/h1-3,6-8,11-12,28-29H,4-5,9-10H2. The Kier molecular flexibility index (Phi) is 4.65. The van der Waals surface area contributed by atoms with E-state index in [1.807, 2.05) is 12.1 Å². The smallest absolute Gasteiger partial charge is 0.175 e. The van der Waals surface area contributed by atoms with Gasteiger partial charge in [-0.1, -0.05) is 28.9 Å². The molecule has 0 radical (unpaired) electrons. The Balaban J connectivity index is 1.40. The number of phenols is 2. The molecule has 2 N–H and O–H groups in total. The predicted molar refractivity (Wildman–Crippen MR) is 109 cm³/mol. The Morgan fingerprint density at radius 2 is 2.03 bits per heavy atom. The van der Waals surface area contributed by atoms with Crippen LogP contribution in [0.4, 0.5) is 0 Å². The number of fused-ring (bicyclic) bond motifs is 1. The van der Waals surface area contributed by atoms with Gasteiger partial charge >= 0.3 is 0 Å². The number of nitrogens with zero attached hydrogens (tertiary/aromatic N) is 5. The van der Waals surface area contributed by atoms with Crippen molar-refractivity contribution in [3.05, 3.63) is 70.9 Å². The van der Waals surface area contributed by atoms with Gasteiger partial charge in [-0.2, -0.15) is 5.10 Å². The van der Waals surface area contributed by atoms with Crippen molar-refractivity contribution in [3.8, 4) is 28.5 Å². The monoisotopic (exact) mass is 423 g/mol. The highest BCUT2D eigenvalue weighted by Crippen LogP contribution is 2.40. The van der Waals surface area contributed by atoms with Gasteiger partial charge in [0.15, 0.2) is 5.76 Å². The summed E-state index contributed by atoms with van der Waals surface area (Å²) in [5.41, 5.74) is 4.32. The van der Waals surface area contributed by atoms with Crippen LogP contribution in [0, 0.1) is 0 Å². The quantitative estimate of drug-likeness (QED) is 0.517. The molecule has 0 amide bonds. The molecule has 9 heteroatoms. The molecule has 0 saturated carbocycles. The zero-order valence-electron chi connectivity index (χ0n) is 15.9. The lowest BCUT2D eigenvalue weighted by Crippen LogP contribution is -2.30. The van der Waals surface area contributed by atoms with Gasteiger partial charge < -0.3 is 14.7 Å². The van der Waals surface area contributed by atoms with Crippen LogP contribution in [0.3, 0.4) is 0 Å². The lowest BCUT2D eigenvalue weighted by molar-refractivity contribution is 0.245. The maximum absolute atomic E-state index is 10.3. The van der Waals surface area contributed by atoms with Gasteiger partial charge in [-0.05, 0) is 23.8 Å². The van der Waals surface area contributed by atoms with Crippen LogP contribution in [0.1, 0.15) is 16.8 Å². The first kappa shape index (κ1) is 18.7. The number of aromatic hydroxyl groups is 2. The van der Waals surface area contributed by atoms with E-state index >= 15 is 0 Å². The fraction of sp³-hybridized carbons (Fsp3) is 0.190. The van der Waals surface area contributed by atoms with E-state index in [9.17, 15) is 10.2 Å². The van der Waals surface area contributed by atoms with E-state index in [1.165, 1.54) is 18.5 Å². The Labute approximate surface area is 177 Å². The van der Waals surface area contributed by atoms with E-state index in [2.05, 4.69) is 32.3 Å². The summed E-state index contributed by atoms with van der Waals surface area (Å²) in [6.07, 6.45) is 3.93. The van der Waals surface area contributed by atoms with Gasteiger partial charge in [-0.25, -0.2) is 9.67 Å². The normalized spacial score (nSPS) is 14.0. The number of hydrogen-bond acceptors (Lipinski definition) is 7. The van der Waals surface area contributed by atoms with Crippen LogP contribution in [0.15, 0.2) is 53.6 Å². The van der Waals surface area contributed by atoms with Crippen LogP contribution >= 0.6 is 11.6 Å². The summed E-state index contributed by atoms with van der Waals surface area (Å²) in [7, 11) is 0. The minimum Gasteiger partial charge on any atom is -0.507 e. The fourth-order valence-electron chi connectivity index (χ4n) is 3.74. The molecule has 0 unspecified atom stereocenters. The number of hydrogen-bond donors (Lipinski definition) is 2. The van der Waals surface area contributed by atoms with Crippen molar-refractivity contribution in [1.29, 1.82) is 0 Å². The molecule has 30 heavy (non-hydrogen) atoms. The van der Waals surface area contributed by atoms with Crippen LogP contribution in [-0.4, -0.2) is 41.6 Å². The number of phenolic OH excluding ortho intramolecular Hbond substituents is 2. The summed E-state index contributed by atoms with van der Waals surface area (Å²) in [4.78, 5) is 6.29. The third kappa shape index (κ3) is 3.40. The maximum Gasteiger partial charge on any atom is 0.175 e. The summed E-state index contributed by atoms with van der Waals surface area (Å²) in [5.74, 6) is 0.194. The van der Waals surface area contributed by atoms with Gasteiger partial charge in [0.05, 0.1) is 22.0 Å². The van der Waals surface area contributed by atoms with Gasteiger partial charge in [0.1, 0.15) is 24.2 Å². The van der Waals surface area contributed by atoms with Crippen LogP contribution < -0.4 is 0 Å². The largest absolute Gasteiger partial charge is 0.507 e. The molecular formula is C21H18ClN5O3. The van der Waals surface area contributed by atoms with Crippen molar-refractivity contribution in [2.24, 2.45) is 0 Å². The van der Waals surface area contributed by atoms with Crippen molar-refractivity contribution < 1.29 is 14.7 Å². The van der Waals surface area contributed by atoms with E-state index in [0.29, 0.717) is 17.9 Å². The van der Waals surface area contributed by atoms with E-state index in [0.717, 1.165) is 42.0 Å². The average molecular weight is 424 g/mol. The molecular weight excluding hydrogens is 406 g/mol. The van der Waals surface area contributed by atoms with Gasteiger partial charge in [0.2, 0.25) is 0 Å². The summed E-state index contributed by atoms with van der Waals surface area (Å²) < 4.78 is 7.28. The first-order valence-corrected chi connectivity index (χ1v) is 9.82. The second kappa shape index (κ2) is 7.47. The molecule has 8 nitrogen and oxygen atoms in total. The van der Waals surface area contributed by atoms with E-state index < -0.39 is 0 Å². The molecule has 0 atom stereocenters. The molecule has 1 aliphatic rings. The Bertz CT molecular complexity index is 1210. The first-order chi connectivity index (χ1) is 14.6. The summed E-state index contributed by atoms with van der Waals surface area (Å²) in [5, 5.41) is 28.5. The SMILES string of the molecule is Oc1cc(O)c(-c2onc3c2CN(Cc2cccc(-n4cncn4)c2)CC3)cc1Cl. The molecule has 1 aliphatic heterocycles. The van der Waals surface area contributed by atoms with Crippen LogP contribution in [0.25, 0.3) is 17.0 Å². The Morgan fingerprint density at radius 1 is 1.13 bits per heavy atom. The average Bonchev–Trinajstić information content (AvgIpc) is 3.41. The van der Waals surface area contributed by atoms with Gasteiger partial charge in [0.25, 0.3) is 0 Å². The molecule has 3 heterocycles. The zero-order chi connectivity index (χ0) is 20.7. The molecule has 2 aromatic heterocycles. The van der Waals surface area contributed by atoms with Crippen molar-refractivity contribution >= 4 is 11.6 Å². The molecule has 2 aromatic carbocycles. The van der Waals surface area contributed by atoms with Gasteiger partial charge in [-0.3, -0.25) is 4.90 Å². The van der Waals surface area contributed by atoms with Crippen LogP contribution in [0.2, 0.25) is 5.02 Å². The number of aromatic nitrogens is 4. The van der Waals surface area contributed by atoms with Gasteiger partial charge in [0, 0.05) is 37.7 Å². The molecule has 5 rings (SSSR count). The number of halogens is 1. The van der Waals surface area contributed by atoms with E-state index in [4.69, 9.17) is 16.1 Å². The molecule has 0 fully saturated rings. The minimum absolute atomic E-state index is 0.103. The van der Waals surface area contributed by atoms with Crippen molar-refractivity contribution in [1.82, 2.24) is 24.8 Å². The lowest BCUT2D eigenvalue weighted by Gasteiger charge is -2.26. The molecule has 152 valence electrons. The summed E-state index contributed by atoms with van der Waals surface area (Å²) in [6.45, 7) is 2.21. The molecule has 4 aromatic rings. The minimum atomic E-state index is -0.180. The number of benzene rings is 2. The summed E-state index contributed by atoms with van der Waals surface area (Å²) >= 11 is 6.03. The molecule has 0 saturated heterocycles. The maximum atomic E-state index is 10.3. The second-order valence-corrected chi connectivity index (χ2v) is 7.64. The van der Waals surface area contributed by atoms with Crippen molar-refractivity contribution in [3.63, 3.8) is 0 Å². The van der Waals surface area contributed by atoms with Crippen molar-refractivity contribution in [2.45, 2.75) is 19.5 Å². The topological polar surface area (TPSA) is 100 Å². The van der Waals surface area contributed by atoms with Crippen molar-refractivity contribution in [2.75, 3.05) is 6.54 Å². The fourth-order valence-corrected chi connectivity index (χ4v) is 3.91. The van der Waals surface area contributed by atoms with Crippen LogP contribution in [-0.2, 0) is 19.5 Å². The third-order valence-electron chi connectivity index (χ3n) is 5.23. The second-order valence-electron chi connectivity index (χ2n) is 7.23. The zero-order valence-corrected chi connectivity index (χ0v) is 16.6. The molecule has 0 aliphatic carbocycles. The van der Waals surface area contributed by atoms with E-state index in [1.54, 1.807) is 11.0 Å². The Hall–Kier alpha value is -3.36. The summed E-state index contributed by atoms with van der Waals surface area (Å²) in [6, 6.07) is 10.9. The highest BCUT2D eigenvalue weighted by molar-refractivity contribution is 6.32. The molecule has 0 bridgehead atoms. The first-order valence-electron chi connectivity index (χ1n) is 9.44. The van der Waals surface area contributed by atoms with E-state index in [-0.39, 0.29) is 16.5 Å². The van der Waals surface area contributed by atoms with Gasteiger partial charge in [-0.15, -0.1) is 0 Å². The predicted octanol–water partition coefficient (Wildman–Crippen LogP) is 3.55. The van der Waals surface area contributed by atoms with Crippen LogP contribution in [0.5, 0.6) is 11.5 Å². The number of rotatable bonds is 4. The highest BCUT2D eigenvalue weighted by Gasteiger charge is 2.27. The highest BCUT2D eigenvalue weighted by atomic mass is 35.5. The third-order valence-corrected chi connectivity index (χ3v) is 5.53.